The molecular weight excluding hydrogens is 475 g/mol. The van der Waals surface area contributed by atoms with E-state index in [1.165, 1.54) is 5.56 Å². The Balaban J connectivity index is 0.00000210. The predicted molar refractivity (Wildman–Crippen MR) is 118 cm³/mol. The standard InChI is InChI=1S/C18H22N6OS.HI/c1-19-18(24-6-5-13(11-24)14-8-21-23(2)10-14)20-9-15-12-25-17(22-15)16-4-3-7-26-16;/h3-4,7-8,10,12-13H,5-6,9,11H2,1-2H3,(H,19,20);1H. The van der Waals surface area contributed by atoms with E-state index in [1.807, 2.05) is 42.5 Å². The van der Waals surface area contributed by atoms with Crippen molar-refractivity contribution < 1.29 is 4.42 Å². The van der Waals surface area contributed by atoms with Crippen LogP contribution in [0.3, 0.4) is 0 Å². The van der Waals surface area contributed by atoms with Gasteiger partial charge in [-0.25, -0.2) is 4.98 Å². The highest BCUT2D eigenvalue weighted by Crippen LogP contribution is 2.27. The highest BCUT2D eigenvalue weighted by atomic mass is 127. The number of likely N-dealkylation sites (tertiary alicyclic amines) is 1. The Labute approximate surface area is 179 Å². The SMILES string of the molecule is CN=C(NCc1coc(-c2cccs2)n1)N1CCC(c2cnn(C)c2)C1.I. The number of thiophene rings is 1. The minimum atomic E-state index is 0. The monoisotopic (exact) mass is 498 g/mol. The van der Waals surface area contributed by atoms with Crippen molar-refractivity contribution in [2.75, 3.05) is 20.1 Å². The molecule has 1 aliphatic heterocycles. The molecule has 1 atom stereocenters. The van der Waals surface area contributed by atoms with Gasteiger partial charge in [0.15, 0.2) is 5.96 Å². The molecule has 1 unspecified atom stereocenters. The second-order valence-electron chi connectivity index (χ2n) is 6.40. The number of aromatic nitrogens is 3. The van der Waals surface area contributed by atoms with Crippen LogP contribution in [0.5, 0.6) is 0 Å². The summed E-state index contributed by atoms with van der Waals surface area (Å²) in [5, 5.41) is 9.70. The first-order valence-electron chi connectivity index (χ1n) is 8.65. The molecule has 27 heavy (non-hydrogen) atoms. The van der Waals surface area contributed by atoms with Crippen LogP contribution in [-0.2, 0) is 13.6 Å². The van der Waals surface area contributed by atoms with E-state index in [0.29, 0.717) is 18.4 Å². The molecule has 0 spiro atoms. The Morgan fingerprint density at radius 1 is 1.48 bits per heavy atom. The van der Waals surface area contributed by atoms with E-state index in [1.54, 1.807) is 17.6 Å². The Bertz CT molecular complexity index is 887. The average Bonchev–Trinajstić information content (AvgIpc) is 3.42. The minimum absolute atomic E-state index is 0. The smallest absolute Gasteiger partial charge is 0.236 e. The first-order chi connectivity index (χ1) is 12.7. The number of guanidine groups is 1. The van der Waals surface area contributed by atoms with Crippen LogP contribution in [0.15, 0.2) is 45.6 Å². The van der Waals surface area contributed by atoms with E-state index < -0.39 is 0 Å². The van der Waals surface area contributed by atoms with E-state index in [2.05, 4.69) is 31.5 Å². The molecule has 4 heterocycles. The lowest BCUT2D eigenvalue weighted by Crippen LogP contribution is -2.39. The third kappa shape index (κ3) is 4.52. The van der Waals surface area contributed by atoms with Gasteiger partial charge < -0.3 is 14.6 Å². The number of hydrogen-bond acceptors (Lipinski definition) is 5. The third-order valence-corrected chi connectivity index (χ3v) is 5.47. The minimum Gasteiger partial charge on any atom is -0.443 e. The molecule has 0 bridgehead atoms. The Kier molecular flexibility index (Phi) is 6.53. The molecule has 1 fully saturated rings. The van der Waals surface area contributed by atoms with E-state index in [0.717, 1.165) is 36.0 Å². The summed E-state index contributed by atoms with van der Waals surface area (Å²) in [7, 11) is 3.78. The number of halogens is 1. The first-order valence-corrected chi connectivity index (χ1v) is 9.53. The quantitative estimate of drug-likeness (QED) is 0.340. The molecule has 1 saturated heterocycles. The molecule has 0 aromatic carbocycles. The van der Waals surface area contributed by atoms with E-state index in [9.17, 15) is 0 Å². The maximum absolute atomic E-state index is 5.57. The van der Waals surface area contributed by atoms with Crippen molar-refractivity contribution in [2.45, 2.75) is 18.9 Å². The van der Waals surface area contributed by atoms with Crippen molar-refractivity contribution in [2.24, 2.45) is 12.0 Å². The zero-order valence-corrected chi connectivity index (χ0v) is 18.5. The maximum atomic E-state index is 5.57. The lowest BCUT2D eigenvalue weighted by Gasteiger charge is -2.21. The molecule has 0 aliphatic carbocycles. The summed E-state index contributed by atoms with van der Waals surface area (Å²) in [5.41, 5.74) is 2.17. The summed E-state index contributed by atoms with van der Waals surface area (Å²) in [6.45, 7) is 2.53. The molecule has 0 amide bonds. The number of nitrogens with zero attached hydrogens (tertiary/aromatic N) is 5. The van der Waals surface area contributed by atoms with Gasteiger partial charge in [0, 0.05) is 39.3 Å². The Morgan fingerprint density at radius 2 is 2.37 bits per heavy atom. The summed E-state index contributed by atoms with van der Waals surface area (Å²) < 4.78 is 7.44. The lowest BCUT2D eigenvalue weighted by atomic mass is 10.0. The van der Waals surface area contributed by atoms with Crippen LogP contribution in [0.4, 0.5) is 0 Å². The van der Waals surface area contributed by atoms with Gasteiger partial charge in [-0.15, -0.1) is 35.3 Å². The second kappa shape index (κ2) is 8.87. The van der Waals surface area contributed by atoms with Gasteiger partial charge in [-0.1, -0.05) is 6.07 Å². The van der Waals surface area contributed by atoms with Crippen molar-refractivity contribution >= 4 is 41.3 Å². The predicted octanol–water partition coefficient (Wildman–Crippen LogP) is 3.32. The van der Waals surface area contributed by atoms with Gasteiger partial charge in [-0.05, 0) is 23.4 Å². The molecule has 1 aliphatic rings. The molecule has 1 N–H and O–H groups in total. The van der Waals surface area contributed by atoms with E-state index >= 15 is 0 Å². The summed E-state index contributed by atoms with van der Waals surface area (Å²) in [5.74, 6) is 2.07. The molecule has 4 rings (SSSR count). The maximum Gasteiger partial charge on any atom is 0.236 e. The van der Waals surface area contributed by atoms with Gasteiger partial charge >= 0.3 is 0 Å². The third-order valence-electron chi connectivity index (χ3n) is 4.61. The van der Waals surface area contributed by atoms with Crippen molar-refractivity contribution in [3.8, 4) is 10.8 Å². The van der Waals surface area contributed by atoms with Gasteiger partial charge in [0.25, 0.3) is 0 Å². The van der Waals surface area contributed by atoms with Crippen LogP contribution in [0.2, 0.25) is 0 Å². The van der Waals surface area contributed by atoms with Crippen molar-refractivity contribution in [1.82, 2.24) is 25.0 Å². The highest BCUT2D eigenvalue weighted by molar-refractivity contribution is 14.0. The van der Waals surface area contributed by atoms with E-state index in [4.69, 9.17) is 4.42 Å². The molecule has 144 valence electrons. The summed E-state index contributed by atoms with van der Waals surface area (Å²) >= 11 is 1.62. The Hall–Kier alpha value is -1.88. The number of hydrogen-bond donors (Lipinski definition) is 1. The van der Waals surface area contributed by atoms with Gasteiger partial charge in [-0.3, -0.25) is 9.67 Å². The number of rotatable bonds is 4. The molecular formula is C18H23IN6OS. The van der Waals surface area contributed by atoms with Crippen LogP contribution in [-0.4, -0.2) is 45.8 Å². The van der Waals surface area contributed by atoms with Crippen LogP contribution in [0.1, 0.15) is 23.6 Å². The fraction of sp³-hybridized carbons (Fsp3) is 0.389. The van der Waals surface area contributed by atoms with Gasteiger partial charge in [0.1, 0.15) is 6.26 Å². The van der Waals surface area contributed by atoms with Crippen LogP contribution in [0.25, 0.3) is 10.8 Å². The first kappa shape index (κ1) is 19.9. The van der Waals surface area contributed by atoms with Crippen molar-refractivity contribution in [1.29, 1.82) is 0 Å². The molecule has 7 nitrogen and oxygen atoms in total. The van der Waals surface area contributed by atoms with Gasteiger partial charge in [-0.2, -0.15) is 5.10 Å². The molecule has 0 saturated carbocycles. The largest absolute Gasteiger partial charge is 0.443 e. The van der Waals surface area contributed by atoms with Gasteiger partial charge in [0.2, 0.25) is 5.89 Å². The highest BCUT2D eigenvalue weighted by Gasteiger charge is 2.27. The number of nitrogens with one attached hydrogen (secondary N) is 1. The second-order valence-corrected chi connectivity index (χ2v) is 7.35. The number of aryl methyl sites for hydroxylation is 1. The van der Waals surface area contributed by atoms with E-state index in [-0.39, 0.29) is 24.0 Å². The average molecular weight is 498 g/mol. The molecule has 3 aromatic heterocycles. The summed E-state index contributed by atoms with van der Waals surface area (Å²) in [6.07, 6.45) is 6.88. The lowest BCUT2D eigenvalue weighted by molar-refractivity contribution is 0.485. The molecule has 0 radical (unpaired) electrons. The fourth-order valence-electron chi connectivity index (χ4n) is 3.28. The summed E-state index contributed by atoms with van der Waals surface area (Å²) in [4.78, 5) is 12.3. The number of oxazole rings is 1. The number of aliphatic imine (C=N–C) groups is 1. The topological polar surface area (TPSA) is 71.5 Å². The Morgan fingerprint density at radius 3 is 3.07 bits per heavy atom. The molecule has 9 heteroatoms. The van der Waals surface area contributed by atoms with Crippen molar-refractivity contribution in [3.63, 3.8) is 0 Å². The summed E-state index contributed by atoms with van der Waals surface area (Å²) in [6, 6.07) is 4.01. The van der Waals surface area contributed by atoms with Crippen LogP contribution in [0, 0.1) is 0 Å². The fourth-order valence-corrected chi connectivity index (χ4v) is 3.93. The zero-order valence-electron chi connectivity index (χ0n) is 15.3. The zero-order chi connectivity index (χ0) is 17.9. The van der Waals surface area contributed by atoms with Gasteiger partial charge in [0.05, 0.1) is 23.3 Å². The normalized spacial score (nSPS) is 17.2. The van der Waals surface area contributed by atoms with Crippen LogP contribution >= 0.6 is 35.3 Å². The van der Waals surface area contributed by atoms with Crippen molar-refractivity contribution in [3.05, 3.63) is 47.4 Å². The molecule has 3 aromatic rings. The van der Waals surface area contributed by atoms with Crippen LogP contribution < -0.4 is 5.32 Å².